The minimum atomic E-state index is -0.746. The molecule has 0 unspecified atom stereocenters. The molecule has 0 atom stereocenters. The van der Waals surface area contributed by atoms with Crippen molar-refractivity contribution in [2.45, 2.75) is 40.2 Å². The Balaban J connectivity index is 2.07. The number of unbranched alkanes of at least 4 members (excludes halogenated alkanes) is 1. The molecule has 0 saturated heterocycles. The fraction of sp³-hybridized carbons (Fsp3) is 0.333. The summed E-state index contributed by atoms with van der Waals surface area (Å²) in [6.45, 7) is 5.74. The molecule has 3 aromatic rings. The van der Waals surface area contributed by atoms with Gasteiger partial charge in [-0.1, -0.05) is 25.5 Å². The van der Waals surface area contributed by atoms with E-state index < -0.39 is 23.0 Å². The number of halogens is 1. The zero-order valence-corrected chi connectivity index (χ0v) is 17.7. The van der Waals surface area contributed by atoms with Gasteiger partial charge in [0.15, 0.2) is 5.69 Å². The Bertz CT molecular complexity index is 1230. The highest BCUT2D eigenvalue weighted by molar-refractivity contribution is 6.07. The predicted molar refractivity (Wildman–Crippen MR) is 116 cm³/mol. The van der Waals surface area contributed by atoms with Crippen LogP contribution in [0.2, 0.25) is 0 Å². The summed E-state index contributed by atoms with van der Waals surface area (Å²) in [5.41, 5.74) is 5.49. The van der Waals surface area contributed by atoms with E-state index in [0.717, 1.165) is 6.42 Å². The number of para-hydroxylation sites is 1. The van der Waals surface area contributed by atoms with Crippen molar-refractivity contribution in [3.8, 4) is 5.69 Å². The molecular weight excluding hydrogens is 403 g/mol. The van der Waals surface area contributed by atoms with Crippen molar-refractivity contribution in [1.29, 1.82) is 0 Å². The topological polar surface area (TPSA) is 119 Å². The molecule has 3 N–H and O–H groups in total. The number of hydrogen-bond donors (Lipinski definition) is 2. The van der Waals surface area contributed by atoms with Crippen molar-refractivity contribution in [2.24, 2.45) is 0 Å². The number of nitrogens with zero attached hydrogens (tertiary/aromatic N) is 4. The second kappa shape index (κ2) is 8.99. The van der Waals surface area contributed by atoms with Gasteiger partial charge in [-0.15, -0.1) is 0 Å². The van der Waals surface area contributed by atoms with Crippen LogP contribution in [0.5, 0.6) is 0 Å². The smallest absolute Gasteiger partial charge is 0.330 e. The molecular formula is C21H25FN6O3. The molecule has 0 aliphatic heterocycles. The van der Waals surface area contributed by atoms with Crippen molar-refractivity contribution >= 4 is 17.4 Å². The first kappa shape index (κ1) is 22.0. The number of nitrogens with two attached hydrogens (primary N) is 1. The number of benzene rings is 1. The van der Waals surface area contributed by atoms with Gasteiger partial charge in [0.05, 0.1) is 17.5 Å². The van der Waals surface area contributed by atoms with E-state index in [-0.39, 0.29) is 29.3 Å². The normalized spacial score (nSPS) is 11.0. The summed E-state index contributed by atoms with van der Waals surface area (Å²) in [5.74, 6) is -1.08. The summed E-state index contributed by atoms with van der Waals surface area (Å²) >= 11 is 0. The fourth-order valence-corrected chi connectivity index (χ4v) is 3.41. The number of hydrogen-bond acceptors (Lipinski definition) is 5. The molecule has 0 bridgehead atoms. The van der Waals surface area contributed by atoms with Crippen LogP contribution >= 0.6 is 0 Å². The lowest BCUT2D eigenvalue weighted by molar-refractivity contribution is 0.0987. The molecule has 164 valence electrons. The summed E-state index contributed by atoms with van der Waals surface area (Å²) in [7, 11) is 0. The van der Waals surface area contributed by atoms with Crippen LogP contribution in [-0.2, 0) is 6.54 Å². The maximum absolute atomic E-state index is 14.2. The second-order valence-corrected chi connectivity index (χ2v) is 7.05. The number of nitrogens with one attached hydrogen (secondary N) is 1. The molecule has 0 saturated carbocycles. The molecule has 9 nitrogen and oxygen atoms in total. The largest absolute Gasteiger partial charge is 0.383 e. The molecule has 2 aromatic heterocycles. The van der Waals surface area contributed by atoms with Gasteiger partial charge in [-0.05, 0) is 32.4 Å². The molecule has 31 heavy (non-hydrogen) atoms. The lowest BCUT2D eigenvalue weighted by atomic mass is 10.2. The molecule has 3 rings (SSSR count). The van der Waals surface area contributed by atoms with Gasteiger partial charge < -0.3 is 10.6 Å². The van der Waals surface area contributed by atoms with Crippen molar-refractivity contribution in [1.82, 2.24) is 19.3 Å². The Kier molecular flexibility index (Phi) is 6.38. The summed E-state index contributed by atoms with van der Waals surface area (Å²) in [6.07, 6.45) is 2.83. The minimum absolute atomic E-state index is 0.0726. The average molecular weight is 428 g/mol. The van der Waals surface area contributed by atoms with Gasteiger partial charge in [-0.2, -0.15) is 5.10 Å². The monoisotopic (exact) mass is 428 g/mol. The van der Waals surface area contributed by atoms with Crippen LogP contribution in [0.15, 0.2) is 40.1 Å². The zero-order chi connectivity index (χ0) is 22.7. The third-order valence-electron chi connectivity index (χ3n) is 5.10. The van der Waals surface area contributed by atoms with Crippen LogP contribution in [0, 0.1) is 12.7 Å². The van der Waals surface area contributed by atoms with E-state index in [2.05, 4.69) is 10.1 Å². The number of carbonyl (C=O) groups excluding carboxylic acids is 1. The first-order valence-corrected chi connectivity index (χ1v) is 10.1. The minimum Gasteiger partial charge on any atom is -0.383 e. The number of H-pyrrole nitrogens is 1. The van der Waals surface area contributed by atoms with Gasteiger partial charge in [-0.3, -0.25) is 19.1 Å². The van der Waals surface area contributed by atoms with E-state index in [1.54, 1.807) is 32.0 Å². The van der Waals surface area contributed by atoms with Crippen molar-refractivity contribution in [3.63, 3.8) is 0 Å². The number of rotatable bonds is 7. The lowest BCUT2D eigenvalue weighted by Crippen LogP contribution is -2.41. The quantitative estimate of drug-likeness (QED) is 0.598. The number of carbonyl (C=O) groups is 1. The van der Waals surface area contributed by atoms with Gasteiger partial charge in [0.2, 0.25) is 0 Å². The van der Waals surface area contributed by atoms with E-state index >= 15 is 0 Å². The van der Waals surface area contributed by atoms with Crippen molar-refractivity contribution in [2.75, 3.05) is 17.2 Å². The van der Waals surface area contributed by atoms with E-state index in [4.69, 9.17) is 5.73 Å². The lowest BCUT2D eigenvalue weighted by Gasteiger charge is -2.23. The Hall–Kier alpha value is -3.69. The maximum Gasteiger partial charge on any atom is 0.330 e. The Morgan fingerprint density at radius 1 is 1.26 bits per heavy atom. The molecule has 0 aliphatic rings. The maximum atomic E-state index is 14.2. The number of aromatic amines is 1. The Morgan fingerprint density at radius 3 is 2.61 bits per heavy atom. The second-order valence-electron chi connectivity index (χ2n) is 7.05. The summed E-state index contributed by atoms with van der Waals surface area (Å²) in [4.78, 5) is 41.5. The van der Waals surface area contributed by atoms with E-state index in [1.165, 1.54) is 26.4 Å². The highest BCUT2D eigenvalue weighted by atomic mass is 19.1. The summed E-state index contributed by atoms with van der Waals surface area (Å²) < 4.78 is 16.8. The first-order chi connectivity index (χ1) is 14.8. The molecule has 0 aliphatic carbocycles. The summed E-state index contributed by atoms with van der Waals surface area (Å²) in [6, 6.07) is 6.08. The number of anilines is 2. The van der Waals surface area contributed by atoms with Gasteiger partial charge >= 0.3 is 5.69 Å². The molecule has 2 heterocycles. The van der Waals surface area contributed by atoms with Gasteiger partial charge in [-0.25, -0.2) is 13.9 Å². The van der Waals surface area contributed by atoms with Crippen molar-refractivity contribution < 1.29 is 9.18 Å². The van der Waals surface area contributed by atoms with E-state index in [0.29, 0.717) is 18.7 Å². The molecule has 0 spiro atoms. The van der Waals surface area contributed by atoms with E-state index in [9.17, 15) is 18.8 Å². The molecule has 0 fully saturated rings. The van der Waals surface area contributed by atoms with Gasteiger partial charge in [0.1, 0.15) is 17.3 Å². The number of aromatic nitrogens is 4. The third kappa shape index (κ3) is 4.00. The van der Waals surface area contributed by atoms with Crippen LogP contribution < -0.4 is 21.9 Å². The molecule has 0 radical (unpaired) electrons. The molecule has 1 aromatic carbocycles. The van der Waals surface area contributed by atoms with Gasteiger partial charge in [0, 0.05) is 13.1 Å². The highest BCUT2D eigenvalue weighted by Crippen LogP contribution is 2.22. The standard InChI is InChI=1S/C21H25FN6O3/c1-4-6-11-27-18(23)17(19(29)25-21(27)31)26(5-2)20(30)14-12-24-28(13(14)3)16-10-8-7-9-15(16)22/h7-10,12H,4-6,11,23H2,1-3H3,(H,25,29,31). The van der Waals surface area contributed by atoms with Crippen LogP contribution in [-0.4, -0.2) is 31.8 Å². The van der Waals surface area contributed by atoms with E-state index in [1.807, 2.05) is 6.92 Å². The first-order valence-electron chi connectivity index (χ1n) is 10.1. The van der Waals surface area contributed by atoms with Crippen LogP contribution in [0.25, 0.3) is 5.69 Å². The number of amides is 1. The van der Waals surface area contributed by atoms with Crippen LogP contribution in [0.1, 0.15) is 42.7 Å². The summed E-state index contributed by atoms with van der Waals surface area (Å²) in [5, 5.41) is 4.15. The molecule has 1 amide bonds. The predicted octanol–water partition coefficient (Wildman–Crippen LogP) is 2.22. The molecule has 10 heteroatoms. The van der Waals surface area contributed by atoms with Crippen LogP contribution in [0.3, 0.4) is 0 Å². The SMILES string of the molecule is CCCCn1c(N)c(N(CC)C(=O)c2cnn(-c3ccccc3F)c2C)c(=O)[nH]c1=O. The van der Waals surface area contributed by atoms with Crippen molar-refractivity contribution in [3.05, 3.63) is 68.4 Å². The fourth-order valence-electron chi connectivity index (χ4n) is 3.41. The average Bonchev–Trinajstić information content (AvgIpc) is 3.12. The Labute approximate surface area is 177 Å². The zero-order valence-electron chi connectivity index (χ0n) is 17.7. The third-order valence-corrected chi connectivity index (χ3v) is 5.10. The number of nitrogen functional groups attached to an aromatic ring is 1. The van der Waals surface area contributed by atoms with Gasteiger partial charge in [0.25, 0.3) is 11.5 Å². The Morgan fingerprint density at radius 2 is 1.97 bits per heavy atom. The van der Waals surface area contributed by atoms with Crippen LogP contribution in [0.4, 0.5) is 15.9 Å². The highest BCUT2D eigenvalue weighted by Gasteiger charge is 2.27.